The molecule has 0 aromatic rings. The minimum atomic E-state index is 0.840. The van der Waals surface area contributed by atoms with Gasteiger partial charge in [0.2, 0.25) is 0 Å². The Balaban J connectivity index is 1.66. The van der Waals surface area contributed by atoms with Crippen molar-refractivity contribution in [3.05, 3.63) is 0 Å². The van der Waals surface area contributed by atoms with Gasteiger partial charge in [-0.05, 0) is 43.4 Å². The van der Waals surface area contributed by atoms with Crippen LogP contribution in [0.2, 0.25) is 0 Å². The smallest absolute Gasteiger partial charge is 0.00751 e. The summed E-state index contributed by atoms with van der Waals surface area (Å²) in [5.41, 5.74) is 0. The van der Waals surface area contributed by atoms with Crippen molar-refractivity contribution in [3.63, 3.8) is 0 Å². The van der Waals surface area contributed by atoms with Crippen LogP contribution in [0.3, 0.4) is 0 Å². The normalized spacial score (nSPS) is 41.6. The fourth-order valence-electron chi connectivity index (χ4n) is 3.26. The van der Waals surface area contributed by atoms with Crippen LogP contribution in [0.25, 0.3) is 0 Å². The quantitative estimate of drug-likeness (QED) is 0.749. The molecule has 0 aromatic heterocycles. The molecule has 0 heterocycles. The highest BCUT2D eigenvalue weighted by Crippen LogP contribution is 2.35. The molecule has 2 rings (SSSR count). The van der Waals surface area contributed by atoms with E-state index in [2.05, 4.69) is 26.1 Å². The molecule has 88 valence electrons. The van der Waals surface area contributed by atoms with Crippen LogP contribution in [-0.2, 0) is 0 Å². The monoisotopic (exact) mass is 209 g/mol. The third kappa shape index (κ3) is 2.96. The molecule has 2 saturated carbocycles. The first kappa shape index (κ1) is 11.4. The Morgan fingerprint density at radius 1 is 1.00 bits per heavy atom. The summed E-state index contributed by atoms with van der Waals surface area (Å²) >= 11 is 0. The highest BCUT2D eigenvalue weighted by Gasteiger charge is 2.32. The summed E-state index contributed by atoms with van der Waals surface area (Å²) < 4.78 is 0. The maximum Gasteiger partial charge on any atom is 0.00751 e. The molecule has 1 heteroatoms. The molecule has 0 aromatic carbocycles. The van der Waals surface area contributed by atoms with Crippen molar-refractivity contribution in [2.45, 2.75) is 71.4 Å². The lowest BCUT2D eigenvalue weighted by Gasteiger charge is -2.42. The first-order valence-electron chi connectivity index (χ1n) is 6.91. The Kier molecular flexibility index (Phi) is 3.71. The largest absolute Gasteiger partial charge is 0.311 e. The van der Waals surface area contributed by atoms with Crippen molar-refractivity contribution < 1.29 is 0 Å². The maximum absolute atomic E-state index is 3.87. The second-order valence-corrected chi connectivity index (χ2v) is 6.31. The molecule has 2 unspecified atom stereocenters. The van der Waals surface area contributed by atoms with Crippen molar-refractivity contribution in [2.75, 3.05) is 0 Å². The summed E-state index contributed by atoms with van der Waals surface area (Å²) in [6, 6.07) is 1.69. The molecule has 2 aliphatic carbocycles. The highest BCUT2D eigenvalue weighted by molar-refractivity contribution is 4.89. The Hall–Kier alpha value is -0.0400. The van der Waals surface area contributed by atoms with Crippen LogP contribution in [0.4, 0.5) is 0 Å². The van der Waals surface area contributed by atoms with Gasteiger partial charge >= 0.3 is 0 Å². The molecule has 2 fully saturated rings. The van der Waals surface area contributed by atoms with Crippen molar-refractivity contribution in [2.24, 2.45) is 17.8 Å². The summed E-state index contributed by atoms with van der Waals surface area (Å²) in [7, 11) is 0. The van der Waals surface area contributed by atoms with Gasteiger partial charge < -0.3 is 5.32 Å². The van der Waals surface area contributed by atoms with Crippen molar-refractivity contribution >= 4 is 0 Å². The number of nitrogens with one attached hydrogen (secondary N) is 1. The molecule has 1 nitrogen and oxygen atoms in total. The molecule has 0 radical (unpaired) electrons. The topological polar surface area (TPSA) is 12.0 Å². The fourth-order valence-corrected chi connectivity index (χ4v) is 3.26. The molecular weight excluding hydrogens is 182 g/mol. The van der Waals surface area contributed by atoms with Crippen LogP contribution in [0.5, 0.6) is 0 Å². The van der Waals surface area contributed by atoms with E-state index in [1.165, 1.54) is 38.5 Å². The third-order valence-electron chi connectivity index (χ3n) is 4.53. The van der Waals surface area contributed by atoms with E-state index in [9.17, 15) is 0 Å². The Labute approximate surface area is 95.0 Å². The molecular formula is C14H27N. The molecule has 0 aliphatic heterocycles. The van der Waals surface area contributed by atoms with Gasteiger partial charge in [-0.1, -0.05) is 33.6 Å². The van der Waals surface area contributed by atoms with E-state index in [4.69, 9.17) is 0 Å². The maximum atomic E-state index is 3.87. The van der Waals surface area contributed by atoms with Crippen LogP contribution in [-0.4, -0.2) is 12.1 Å². The predicted molar refractivity (Wildman–Crippen MR) is 65.9 cm³/mol. The molecule has 0 saturated heterocycles. The summed E-state index contributed by atoms with van der Waals surface area (Å²) in [6.07, 6.45) is 8.61. The van der Waals surface area contributed by atoms with Gasteiger partial charge in [0.1, 0.15) is 0 Å². The van der Waals surface area contributed by atoms with Gasteiger partial charge in [-0.2, -0.15) is 0 Å². The summed E-state index contributed by atoms with van der Waals surface area (Å²) in [4.78, 5) is 0. The number of rotatable bonds is 3. The molecule has 15 heavy (non-hydrogen) atoms. The Morgan fingerprint density at radius 2 is 1.73 bits per heavy atom. The molecule has 0 spiro atoms. The zero-order chi connectivity index (χ0) is 10.8. The van der Waals surface area contributed by atoms with E-state index in [0.29, 0.717) is 0 Å². The first-order chi connectivity index (χ1) is 7.15. The van der Waals surface area contributed by atoms with Gasteiger partial charge in [-0.3, -0.25) is 0 Å². The summed E-state index contributed by atoms with van der Waals surface area (Å²) in [5.74, 6) is 2.86. The average Bonchev–Trinajstić information content (AvgIpc) is 2.10. The predicted octanol–water partition coefficient (Wildman–Crippen LogP) is 3.59. The number of hydrogen-bond acceptors (Lipinski definition) is 1. The highest BCUT2D eigenvalue weighted by atomic mass is 15.0. The van der Waals surface area contributed by atoms with E-state index < -0.39 is 0 Å². The average molecular weight is 209 g/mol. The Bertz CT molecular complexity index is 194. The van der Waals surface area contributed by atoms with Gasteiger partial charge in [0, 0.05) is 12.1 Å². The zero-order valence-electron chi connectivity index (χ0n) is 10.6. The van der Waals surface area contributed by atoms with Crippen LogP contribution < -0.4 is 5.32 Å². The Morgan fingerprint density at radius 3 is 2.33 bits per heavy atom. The SMILES string of the molecule is CC1CCCC(NC2CC(C(C)C)C2)C1. The van der Waals surface area contributed by atoms with Gasteiger partial charge in [0.15, 0.2) is 0 Å². The standard InChI is InChI=1S/C14H27N/c1-10(2)12-8-14(9-12)15-13-6-4-5-11(3)7-13/h10-15H,4-9H2,1-3H3. The van der Waals surface area contributed by atoms with Crippen molar-refractivity contribution in [3.8, 4) is 0 Å². The second kappa shape index (κ2) is 4.86. The summed E-state index contributed by atoms with van der Waals surface area (Å²) in [5, 5.41) is 3.87. The third-order valence-corrected chi connectivity index (χ3v) is 4.53. The van der Waals surface area contributed by atoms with Crippen molar-refractivity contribution in [1.29, 1.82) is 0 Å². The van der Waals surface area contributed by atoms with E-state index in [0.717, 1.165) is 29.8 Å². The van der Waals surface area contributed by atoms with Gasteiger partial charge in [-0.25, -0.2) is 0 Å². The fraction of sp³-hybridized carbons (Fsp3) is 1.00. The lowest BCUT2D eigenvalue weighted by Crippen LogP contribution is -2.48. The van der Waals surface area contributed by atoms with E-state index >= 15 is 0 Å². The second-order valence-electron chi connectivity index (χ2n) is 6.31. The van der Waals surface area contributed by atoms with Gasteiger partial charge in [0.25, 0.3) is 0 Å². The van der Waals surface area contributed by atoms with E-state index in [1.54, 1.807) is 0 Å². The molecule has 2 atom stereocenters. The van der Waals surface area contributed by atoms with Crippen LogP contribution in [0.15, 0.2) is 0 Å². The minimum Gasteiger partial charge on any atom is -0.311 e. The van der Waals surface area contributed by atoms with E-state index in [1.807, 2.05) is 0 Å². The molecule has 0 bridgehead atoms. The zero-order valence-corrected chi connectivity index (χ0v) is 10.6. The molecule has 2 aliphatic rings. The minimum absolute atomic E-state index is 0.840. The summed E-state index contributed by atoms with van der Waals surface area (Å²) in [6.45, 7) is 7.14. The van der Waals surface area contributed by atoms with Crippen LogP contribution in [0, 0.1) is 17.8 Å². The molecule has 0 amide bonds. The van der Waals surface area contributed by atoms with Crippen molar-refractivity contribution in [1.82, 2.24) is 5.32 Å². The van der Waals surface area contributed by atoms with E-state index in [-0.39, 0.29) is 0 Å². The van der Waals surface area contributed by atoms with Gasteiger partial charge in [-0.15, -0.1) is 0 Å². The first-order valence-corrected chi connectivity index (χ1v) is 6.91. The molecule has 1 N–H and O–H groups in total. The lowest BCUT2D eigenvalue weighted by molar-refractivity contribution is 0.142. The van der Waals surface area contributed by atoms with Gasteiger partial charge in [0.05, 0.1) is 0 Å². The number of hydrogen-bond donors (Lipinski definition) is 1. The van der Waals surface area contributed by atoms with Crippen LogP contribution in [0.1, 0.15) is 59.3 Å². The van der Waals surface area contributed by atoms with Crippen LogP contribution >= 0.6 is 0 Å². The lowest BCUT2D eigenvalue weighted by atomic mass is 9.73.